The first-order chi connectivity index (χ1) is 15.1. The van der Waals surface area contributed by atoms with Crippen LogP contribution in [0, 0.1) is 0 Å². The molecule has 0 saturated carbocycles. The van der Waals surface area contributed by atoms with Crippen molar-refractivity contribution < 1.29 is 14.3 Å². The summed E-state index contributed by atoms with van der Waals surface area (Å²) in [5, 5.41) is 0.914. The number of aryl methyl sites for hydroxylation is 2. The molecule has 31 heavy (non-hydrogen) atoms. The Labute approximate surface area is 184 Å². The molecule has 0 N–H and O–H groups in total. The van der Waals surface area contributed by atoms with Gasteiger partial charge in [-0.05, 0) is 55.0 Å². The van der Waals surface area contributed by atoms with Crippen molar-refractivity contribution in [3.8, 4) is 0 Å². The minimum Gasteiger partial charge on any atom is -0.469 e. The predicted molar refractivity (Wildman–Crippen MR) is 121 cm³/mol. The SMILES string of the molecule is COC(=O)CCn1c(SCC(=O)c2ccc3c(c2)CCCC3)nc2ccccc2c1=O. The third-order valence-corrected chi connectivity index (χ3v) is 6.57. The van der Waals surface area contributed by atoms with Crippen molar-refractivity contribution in [2.24, 2.45) is 0 Å². The van der Waals surface area contributed by atoms with Crippen LogP contribution >= 0.6 is 11.8 Å². The Kier molecular flexibility index (Phi) is 6.51. The number of hydrogen-bond donors (Lipinski definition) is 0. The van der Waals surface area contributed by atoms with Crippen LogP contribution in [0.15, 0.2) is 52.4 Å². The van der Waals surface area contributed by atoms with Crippen LogP contribution in [-0.2, 0) is 28.9 Å². The fraction of sp³-hybridized carbons (Fsp3) is 0.333. The molecule has 1 aliphatic rings. The zero-order valence-corrected chi connectivity index (χ0v) is 18.2. The van der Waals surface area contributed by atoms with Gasteiger partial charge in [-0.3, -0.25) is 19.0 Å². The Morgan fingerprint density at radius 1 is 1.10 bits per heavy atom. The Morgan fingerprint density at radius 3 is 2.68 bits per heavy atom. The largest absolute Gasteiger partial charge is 0.469 e. The van der Waals surface area contributed by atoms with E-state index in [1.807, 2.05) is 18.2 Å². The molecule has 0 atom stereocenters. The van der Waals surface area contributed by atoms with Crippen molar-refractivity contribution >= 4 is 34.4 Å². The van der Waals surface area contributed by atoms with Crippen LogP contribution in [0.5, 0.6) is 0 Å². The summed E-state index contributed by atoms with van der Waals surface area (Å²) in [6.07, 6.45) is 4.51. The fourth-order valence-electron chi connectivity index (χ4n) is 3.88. The molecule has 0 radical (unpaired) electrons. The quantitative estimate of drug-likeness (QED) is 0.243. The van der Waals surface area contributed by atoms with Gasteiger partial charge in [0, 0.05) is 12.1 Å². The van der Waals surface area contributed by atoms with Gasteiger partial charge in [0.25, 0.3) is 5.56 Å². The standard InChI is InChI=1S/C24H24N2O4S/c1-30-22(28)12-13-26-23(29)19-8-4-5-9-20(19)25-24(26)31-15-21(27)18-11-10-16-6-2-3-7-17(16)14-18/h4-5,8-11,14H,2-3,6-7,12-13,15H2,1H3. The summed E-state index contributed by atoms with van der Waals surface area (Å²) in [4.78, 5) is 42.1. The highest BCUT2D eigenvalue weighted by Crippen LogP contribution is 2.24. The smallest absolute Gasteiger partial charge is 0.307 e. The second kappa shape index (κ2) is 9.47. The lowest BCUT2D eigenvalue weighted by atomic mass is 9.90. The van der Waals surface area contributed by atoms with Crippen LogP contribution in [0.25, 0.3) is 10.9 Å². The molecule has 0 aliphatic heterocycles. The monoisotopic (exact) mass is 436 g/mol. The summed E-state index contributed by atoms with van der Waals surface area (Å²) in [6.45, 7) is 0.151. The van der Waals surface area contributed by atoms with E-state index >= 15 is 0 Å². The van der Waals surface area contributed by atoms with E-state index < -0.39 is 5.97 Å². The molecule has 0 fully saturated rings. The summed E-state index contributed by atoms with van der Waals surface area (Å²) < 4.78 is 6.17. The lowest BCUT2D eigenvalue weighted by Crippen LogP contribution is -2.25. The van der Waals surface area contributed by atoms with Crippen molar-refractivity contribution in [1.29, 1.82) is 0 Å². The molecule has 0 amide bonds. The number of methoxy groups -OCH3 is 1. The maximum absolute atomic E-state index is 13.0. The summed E-state index contributed by atoms with van der Waals surface area (Å²) in [6, 6.07) is 13.1. The highest BCUT2D eigenvalue weighted by atomic mass is 32.2. The Balaban J connectivity index is 1.58. The van der Waals surface area contributed by atoms with Crippen molar-refractivity contribution in [2.45, 2.75) is 43.8 Å². The van der Waals surface area contributed by atoms with E-state index in [1.54, 1.807) is 18.2 Å². The minimum absolute atomic E-state index is 0.000277. The van der Waals surface area contributed by atoms with E-state index in [-0.39, 0.29) is 30.1 Å². The highest BCUT2D eigenvalue weighted by Gasteiger charge is 2.17. The van der Waals surface area contributed by atoms with Gasteiger partial charge in [-0.15, -0.1) is 0 Å². The number of esters is 1. The van der Waals surface area contributed by atoms with Crippen LogP contribution in [0.3, 0.4) is 0 Å². The number of benzene rings is 2. The number of carbonyl (C=O) groups excluding carboxylic acids is 2. The minimum atomic E-state index is -0.402. The van der Waals surface area contributed by atoms with Gasteiger partial charge in [-0.2, -0.15) is 0 Å². The summed E-state index contributed by atoms with van der Waals surface area (Å²) in [5.41, 5.74) is 3.64. The van der Waals surface area contributed by atoms with Gasteiger partial charge < -0.3 is 4.74 Å². The number of hydrogen-bond acceptors (Lipinski definition) is 6. The number of thioether (sulfide) groups is 1. The molecule has 0 bridgehead atoms. The van der Waals surface area contributed by atoms with Crippen LogP contribution < -0.4 is 5.56 Å². The maximum Gasteiger partial charge on any atom is 0.307 e. The van der Waals surface area contributed by atoms with Crippen molar-refractivity contribution in [2.75, 3.05) is 12.9 Å². The average molecular weight is 437 g/mol. The summed E-state index contributed by atoms with van der Waals surface area (Å²) in [7, 11) is 1.32. The number of aromatic nitrogens is 2. The number of rotatable bonds is 7. The van der Waals surface area contributed by atoms with E-state index in [9.17, 15) is 14.4 Å². The van der Waals surface area contributed by atoms with E-state index in [4.69, 9.17) is 4.74 Å². The molecule has 0 spiro atoms. The molecule has 3 aromatic rings. The van der Waals surface area contributed by atoms with Gasteiger partial charge in [0.05, 0.1) is 30.2 Å². The van der Waals surface area contributed by atoms with Gasteiger partial charge in [0.15, 0.2) is 10.9 Å². The molecule has 6 nitrogen and oxygen atoms in total. The first-order valence-electron chi connectivity index (χ1n) is 10.4. The molecule has 1 heterocycles. The van der Waals surface area contributed by atoms with E-state index in [1.165, 1.54) is 41.0 Å². The van der Waals surface area contributed by atoms with E-state index in [2.05, 4.69) is 11.1 Å². The molecule has 0 saturated heterocycles. The van der Waals surface area contributed by atoms with E-state index in [0.29, 0.717) is 21.6 Å². The lowest BCUT2D eigenvalue weighted by Gasteiger charge is -2.16. The number of Topliss-reactive ketones (excluding diaryl/α,β-unsaturated/α-hetero) is 1. The third kappa shape index (κ3) is 4.71. The summed E-state index contributed by atoms with van der Waals surface area (Å²) in [5.74, 6) is -0.233. The van der Waals surface area contributed by atoms with Crippen LogP contribution in [-0.4, -0.2) is 34.2 Å². The van der Waals surface area contributed by atoms with Gasteiger partial charge in [-0.25, -0.2) is 4.98 Å². The molecule has 0 unspecified atom stereocenters. The number of fused-ring (bicyclic) bond motifs is 2. The zero-order chi connectivity index (χ0) is 21.8. The van der Waals surface area contributed by atoms with Crippen LogP contribution in [0.2, 0.25) is 0 Å². The van der Waals surface area contributed by atoms with Crippen molar-refractivity contribution in [3.63, 3.8) is 0 Å². The first-order valence-corrected chi connectivity index (χ1v) is 11.4. The van der Waals surface area contributed by atoms with Crippen LogP contribution in [0.4, 0.5) is 0 Å². The molecule has 7 heteroatoms. The Bertz CT molecular complexity index is 1200. The highest BCUT2D eigenvalue weighted by molar-refractivity contribution is 7.99. The topological polar surface area (TPSA) is 78.3 Å². The van der Waals surface area contributed by atoms with Gasteiger partial charge >= 0.3 is 5.97 Å². The molecular weight excluding hydrogens is 412 g/mol. The molecule has 1 aliphatic carbocycles. The van der Waals surface area contributed by atoms with Gasteiger partial charge in [-0.1, -0.05) is 36.0 Å². The lowest BCUT2D eigenvalue weighted by molar-refractivity contribution is -0.140. The van der Waals surface area contributed by atoms with Gasteiger partial charge in [0.2, 0.25) is 0 Å². The second-order valence-electron chi connectivity index (χ2n) is 7.60. The molecule has 160 valence electrons. The Morgan fingerprint density at radius 2 is 1.87 bits per heavy atom. The van der Waals surface area contributed by atoms with Crippen molar-refractivity contribution in [3.05, 3.63) is 69.5 Å². The van der Waals surface area contributed by atoms with E-state index in [0.717, 1.165) is 19.3 Å². The van der Waals surface area contributed by atoms with Crippen LogP contribution in [0.1, 0.15) is 40.7 Å². The predicted octanol–water partition coefficient (Wildman–Crippen LogP) is 3.81. The first kappa shape index (κ1) is 21.3. The Hall–Kier alpha value is -2.93. The molecular formula is C24H24N2O4S. The van der Waals surface area contributed by atoms with Gasteiger partial charge in [0.1, 0.15) is 0 Å². The number of carbonyl (C=O) groups is 2. The number of ether oxygens (including phenoxy) is 1. The molecule has 4 rings (SSSR count). The molecule has 1 aromatic heterocycles. The average Bonchev–Trinajstić information content (AvgIpc) is 2.81. The molecule has 2 aromatic carbocycles. The maximum atomic E-state index is 13.0. The zero-order valence-electron chi connectivity index (χ0n) is 17.4. The fourth-order valence-corrected chi connectivity index (χ4v) is 4.80. The number of ketones is 1. The number of nitrogens with zero attached hydrogens (tertiary/aromatic N) is 2. The van der Waals surface area contributed by atoms with Crippen molar-refractivity contribution in [1.82, 2.24) is 9.55 Å². The second-order valence-corrected chi connectivity index (χ2v) is 8.54. The summed E-state index contributed by atoms with van der Waals surface area (Å²) >= 11 is 1.23. The third-order valence-electron chi connectivity index (χ3n) is 5.60. The number of para-hydroxylation sites is 1. The normalized spacial score (nSPS) is 13.1.